The normalized spacial score (nSPS) is 18.2. The third-order valence-corrected chi connectivity index (χ3v) is 6.71. The Hall–Kier alpha value is -1.82. The van der Waals surface area contributed by atoms with Crippen LogP contribution in [0, 0.1) is 6.92 Å². The number of carbonyl (C=O) groups excluding carboxylic acids is 1. The maximum Gasteiger partial charge on any atom is 0.361 e. The van der Waals surface area contributed by atoms with E-state index >= 15 is 0 Å². The zero-order valence-electron chi connectivity index (χ0n) is 24.5. The maximum absolute atomic E-state index is 13.1. The van der Waals surface area contributed by atoms with Crippen LogP contribution in [-0.2, 0) is 23.1 Å². The van der Waals surface area contributed by atoms with E-state index < -0.39 is 13.4 Å². The molecule has 13 heteroatoms. The molecule has 1 aromatic rings. The topological polar surface area (TPSA) is 162 Å². The SMILES string of the molecule is CC.CC.CC.Cc1ncn(C2CNCC2OCC(O)P(=O)(OC(C)C)OC(C)C)c1/N=C(/N)NC=O. The lowest BCUT2D eigenvalue weighted by Gasteiger charge is -2.28. The second-order valence-electron chi connectivity index (χ2n) is 7.75. The average Bonchev–Trinajstić information content (AvgIpc) is 3.46. The molecule has 1 fully saturated rings. The van der Waals surface area contributed by atoms with Gasteiger partial charge in [0.1, 0.15) is 0 Å². The first-order valence-corrected chi connectivity index (χ1v) is 14.7. The Balaban J connectivity index is 0. The molecule has 0 bridgehead atoms. The predicted octanol–water partition coefficient (Wildman–Crippen LogP) is 3.85. The number of aryl methyl sites for hydroxylation is 1. The summed E-state index contributed by atoms with van der Waals surface area (Å²) in [4.78, 5) is 19.1. The van der Waals surface area contributed by atoms with Crippen LogP contribution in [-0.4, -0.2) is 70.9 Å². The molecule has 3 unspecified atom stereocenters. The third kappa shape index (κ3) is 12.5. The molecule has 1 amide bonds. The van der Waals surface area contributed by atoms with Crippen LogP contribution in [0.1, 0.15) is 81.0 Å². The molecule has 218 valence electrons. The van der Waals surface area contributed by atoms with E-state index in [1.54, 1.807) is 45.5 Å². The van der Waals surface area contributed by atoms with Gasteiger partial charge in [-0.25, -0.2) is 4.98 Å². The number of aliphatic hydroxyl groups excluding tert-OH is 1. The van der Waals surface area contributed by atoms with Gasteiger partial charge in [0, 0.05) is 13.1 Å². The number of imidazole rings is 1. The lowest BCUT2D eigenvalue weighted by molar-refractivity contribution is -0.108. The summed E-state index contributed by atoms with van der Waals surface area (Å²) in [7, 11) is -3.79. The smallest absolute Gasteiger partial charge is 0.361 e. The summed E-state index contributed by atoms with van der Waals surface area (Å²) in [5.41, 5.74) is 6.33. The molecule has 0 aliphatic carbocycles. The number of guanidine groups is 1. The molecule has 37 heavy (non-hydrogen) atoms. The number of aliphatic hydroxyl groups is 1. The number of hydrogen-bond donors (Lipinski definition) is 4. The summed E-state index contributed by atoms with van der Waals surface area (Å²) < 4.78 is 31.6. The van der Waals surface area contributed by atoms with Crippen LogP contribution in [0.4, 0.5) is 5.82 Å². The van der Waals surface area contributed by atoms with Gasteiger partial charge in [0.2, 0.25) is 12.4 Å². The molecule has 0 saturated carbocycles. The highest BCUT2D eigenvalue weighted by Crippen LogP contribution is 2.54. The minimum absolute atomic E-state index is 0.0590. The molecule has 1 aliphatic heterocycles. The molecule has 5 N–H and O–H groups in total. The van der Waals surface area contributed by atoms with Crippen molar-refractivity contribution in [1.29, 1.82) is 0 Å². The number of rotatable bonds is 11. The van der Waals surface area contributed by atoms with Crippen molar-refractivity contribution in [2.45, 2.75) is 106 Å². The molecule has 1 saturated heterocycles. The lowest BCUT2D eigenvalue weighted by Crippen LogP contribution is -2.31. The van der Waals surface area contributed by atoms with Gasteiger partial charge in [0.25, 0.3) is 0 Å². The van der Waals surface area contributed by atoms with E-state index in [1.807, 2.05) is 41.5 Å². The summed E-state index contributed by atoms with van der Waals surface area (Å²) in [6.07, 6.45) is 0.904. The zero-order valence-corrected chi connectivity index (χ0v) is 25.4. The minimum Gasteiger partial charge on any atom is -0.378 e. The van der Waals surface area contributed by atoms with Crippen molar-refractivity contribution < 1.29 is 28.3 Å². The number of carbonyl (C=O) groups is 1. The Bertz CT molecular complexity index is 804. The molecule has 1 aliphatic rings. The molecule has 1 aromatic heterocycles. The van der Waals surface area contributed by atoms with Crippen LogP contribution in [0.3, 0.4) is 0 Å². The first kappa shape index (κ1) is 37.3. The number of amides is 1. The number of nitrogens with zero attached hydrogens (tertiary/aromatic N) is 3. The number of aliphatic imine (C=N–C) groups is 1. The van der Waals surface area contributed by atoms with Crippen LogP contribution < -0.4 is 16.4 Å². The number of nitrogens with one attached hydrogen (secondary N) is 2. The molecule has 0 radical (unpaired) electrons. The standard InChI is InChI=1S/C18H33N6O6P.3C2H6/c1-11(2)29-31(27,30-12(3)4)16(26)8-28-15-7-20-6-14(15)24-9-21-13(5)17(24)23-18(19)22-10-25;3*1-2/h9-12,14-16,20,26H,6-8H2,1-5H3,(H3,19,22,23,25);3*1-2H3. The fourth-order valence-electron chi connectivity index (χ4n) is 3.18. The van der Waals surface area contributed by atoms with Crippen molar-refractivity contribution >= 4 is 25.8 Å². The van der Waals surface area contributed by atoms with Gasteiger partial charge in [-0.05, 0) is 34.6 Å². The number of aromatic nitrogens is 2. The van der Waals surface area contributed by atoms with Gasteiger partial charge in [0.15, 0.2) is 11.7 Å². The van der Waals surface area contributed by atoms with Crippen molar-refractivity contribution in [3.05, 3.63) is 12.0 Å². The third-order valence-electron chi connectivity index (χ3n) is 4.40. The fourth-order valence-corrected chi connectivity index (χ4v) is 4.95. The molecule has 0 aromatic carbocycles. The van der Waals surface area contributed by atoms with Crippen LogP contribution in [0.15, 0.2) is 11.3 Å². The van der Waals surface area contributed by atoms with Gasteiger partial charge in [-0.3, -0.25) is 14.7 Å². The van der Waals surface area contributed by atoms with E-state index in [2.05, 4.69) is 20.6 Å². The van der Waals surface area contributed by atoms with Gasteiger partial charge < -0.3 is 34.5 Å². The van der Waals surface area contributed by atoms with Crippen molar-refractivity contribution in [1.82, 2.24) is 20.2 Å². The van der Waals surface area contributed by atoms with Gasteiger partial charge in [-0.1, -0.05) is 41.5 Å². The van der Waals surface area contributed by atoms with Crippen LogP contribution in [0.25, 0.3) is 0 Å². The summed E-state index contributed by atoms with van der Waals surface area (Å²) in [6, 6.07) is -0.215. The summed E-state index contributed by atoms with van der Waals surface area (Å²) in [6.45, 7) is 21.5. The Morgan fingerprint density at radius 1 is 1.22 bits per heavy atom. The molecule has 3 atom stereocenters. The monoisotopic (exact) mass is 550 g/mol. The molecular formula is C24H51N6O6P. The van der Waals surface area contributed by atoms with Crippen molar-refractivity contribution in [3.8, 4) is 0 Å². The summed E-state index contributed by atoms with van der Waals surface area (Å²) in [5.74, 6) is -1.02. The number of ether oxygens (including phenoxy) is 1. The van der Waals surface area contributed by atoms with Crippen LogP contribution in [0.5, 0.6) is 0 Å². The quantitative estimate of drug-likeness (QED) is 0.139. The molecule has 2 rings (SSSR count). The van der Waals surface area contributed by atoms with Gasteiger partial charge in [0.05, 0.1) is 43.0 Å². The van der Waals surface area contributed by atoms with Crippen molar-refractivity contribution in [2.75, 3.05) is 19.7 Å². The largest absolute Gasteiger partial charge is 0.378 e. The first-order chi connectivity index (χ1) is 17.6. The molecule has 2 heterocycles. The Labute approximate surface area is 223 Å². The Morgan fingerprint density at radius 3 is 2.24 bits per heavy atom. The van der Waals surface area contributed by atoms with E-state index in [-0.39, 0.29) is 36.9 Å². The summed E-state index contributed by atoms with van der Waals surface area (Å²) >= 11 is 0. The predicted molar refractivity (Wildman–Crippen MR) is 149 cm³/mol. The average molecular weight is 551 g/mol. The Morgan fingerprint density at radius 2 is 1.76 bits per heavy atom. The fraction of sp³-hybridized carbons (Fsp3) is 0.792. The molecule has 0 spiro atoms. The van der Waals surface area contributed by atoms with E-state index in [0.717, 1.165) is 0 Å². The highest BCUT2D eigenvalue weighted by molar-refractivity contribution is 7.54. The van der Waals surface area contributed by atoms with Crippen molar-refractivity contribution in [2.24, 2.45) is 10.7 Å². The molecule has 12 nitrogen and oxygen atoms in total. The van der Waals surface area contributed by atoms with E-state index in [1.165, 1.54) is 0 Å². The molecular weight excluding hydrogens is 499 g/mol. The number of hydrogen-bond acceptors (Lipinski definition) is 9. The van der Waals surface area contributed by atoms with E-state index in [4.69, 9.17) is 19.5 Å². The van der Waals surface area contributed by atoms with Crippen LogP contribution >= 0.6 is 7.60 Å². The number of nitrogens with two attached hydrogens (primary N) is 1. The van der Waals surface area contributed by atoms with Gasteiger partial charge >= 0.3 is 7.60 Å². The second kappa shape index (κ2) is 20.2. The highest BCUT2D eigenvalue weighted by Gasteiger charge is 2.39. The highest BCUT2D eigenvalue weighted by atomic mass is 31.2. The zero-order chi connectivity index (χ0) is 29.2. The van der Waals surface area contributed by atoms with Crippen molar-refractivity contribution in [3.63, 3.8) is 0 Å². The van der Waals surface area contributed by atoms with Gasteiger partial charge in [-0.15, -0.1) is 0 Å². The van der Waals surface area contributed by atoms with E-state index in [9.17, 15) is 14.5 Å². The minimum atomic E-state index is -3.79. The van der Waals surface area contributed by atoms with Crippen LogP contribution in [0.2, 0.25) is 0 Å². The van der Waals surface area contributed by atoms with Gasteiger partial charge in [-0.2, -0.15) is 4.99 Å². The van der Waals surface area contributed by atoms with E-state index in [0.29, 0.717) is 31.0 Å². The maximum atomic E-state index is 13.1. The summed E-state index contributed by atoms with van der Waals surface area (Å²) in [5, 5.41) is 16.1. The Kier molecular flexibility index (Phi) is 20.4. The lowest BCUT2D eigenvalue weighted by atomic mass is 10.2. The second-order valence-corrected chi connectivity index (χ2v) is 9.84. The first-order valence-electron chi connectivity index (χ1n) is 13.1.